The lowest BCUT2D eigenvalue weighted by molar-refractivity contribution is 0.585. The Labute approximate surface area is 174 Å². The highest BCUT2D eigenvalue weighted by atomic mass is 35.5. The minimum atomic E-state index is 0.673. The maximum atomic E-state index is 6.22. The van der Waals surface area contributed by atoms with E-state index < -0.39 is 0 Å². The molecule has 6 nitrogen and oxygen atoms in total. The van der Waals surface area contributed by atoms with Gasteiger partial charge in [-0.1, -0.05) is 48.0 Å². The molecule has 0 radical (unpaired) electrons. The van der Waals surface area contributed by atoms with E-state index in [9.17, 15) is 0 Å². The molecule has 0 atom stereocenters. The van der Waals surface area contributed by atoms with Crippen molar-refractivity contribution in [3.8, 4) is 5.69 Å². The van der Waals surface area contributed by atoms with Crippen LogP contribution in [0, 0.1) is 0 Å². The van der Waals surface area contributed by atoms with E-state index in [1.165, 1.54) is 5.56 Å². The highest BCUT2D eigenvalue weighted by Crippen LogP contribution is 2.27. The van der Waals surface area contributed by atoms with Gasteiger partial charge in [0.25, 0.3) is 0 Å². The molecule has 1 N–H and O–H groups in total. The lowest BCUT2D eigenvalue weighted by atomic mass is 10.1. The van der Waals surface area contributed by atoms with Crippen LogP contribution in [-0.2, 0) is 6.42 Å². The highest BCUT2D eigenvalue weighted by Gasteiger charge is 2.20. The van der Waals surface area contributed by atoms with Crippen LogP contribution < -0.4 is 10.2 Å². The third-order valence-electron chi connectivity index (χ3n) is 5.13. The van der Waals surface area contributed by atoms with E-state index in [1.54, 1.807) is 0 Å². The van der Waals surface area contributed by atoms with Crippen molar-refractivity contribution in [2.75, 3.05) is 31.1 Å². The lowest BCUT2D eigenvalue weighted by Gasteiger charge is -2.29. The first-order chi connectivity index (χ1) is 14.3. The maximum absolute atomic E-state index is 6.22. The number of anilines is 1. The summed E-state index contributed by atoms with van der Waals surface area (Å²) in [7, 11) is 0. The van der Waals surface area contributed by atoms with E-state index in [0.717, 1.165) is 54.5 Å². The number of hydrogen-bond donors (Lipinski definition) is 1. The molecule has 0 unspecified atom stereocenters. The monoisotopic (exact) mass is 404 g/mol. The number of benzene rings is 2. The van der Waals surface area contributed by atoms with Crippen molar-refractivity contribution < 1.29 is 0 Å². The van der Waals surface area contributed by atoms with Crippen molar-refractivity contribution in [3.63, 3.8) is 0 Å². The average Bonchev–Trinajstić information content (AvgIpc) is 3.18. The minimum absolute atomic E-state index is 0.673. The molecule has 0 bridgehead atoms. The fraction of sp³-hybridized carbons (Fsp3) is 0.227. The van der Waals surface area contributed by atoms with E-state index in [-0.39, 0.29) is 0 Å². The van der Waals surface area contributed by atoms with Crippen molar-refractivity contribution in [2.24, 2.45) is 0 Å². The third kappa shape index (κ3) is 3.69. The van der Waals surface area contributed by atoms with Crippen molar-refractivity contribution in [3.05, 3.63) is 77.2 Å². The number of fused-ring (bicyclic) bond motifs is 1. The van der Waals surface area contributed by atoms with Gasteiger partial charge in [-0.3, -0.25) is 0 Å². The number of piperazine rings is 1. The molecule has 0 amide bonds. The van der Waals surface area contributed by atoms with Crippen LogP contribution in [0.1, 0.15) is 11.4 Å². The zero-order valence-electron chi connectivity index (χ0n) is 15.9. The van der Waals surface area contributed by atoms with Crippen LogP contribution in [0.4, 0.5) is 5.82 Å². The molecule has 1 aliphatic heterocycles. The summed E-state index contributed by atoms with van der Waals surface area (Å²) in [5.41, 5.74) is 2.89. The molecule has 5 rings (SSSR count). The second-order valence-electron chi connectivity index (χ2n) is 7.14. The van der Waals surface area contributed by atoms with Gasteiger partial charge in [-0.05, 0) is 23.8 Å². The topological polar surface area (TPSA) is 58.9 Å². The number of nitrogens with zero attached hydrogens (tertiary/aromatic N) is 5. The molecule has 0 spiro atoms. The molecule has 4 aromatic rings. The summed E-state index contributed by atoms with van der Waals surface area (Å²) in [5.74, 6) is 1.75. The number of aromatic nitrogens is 4. The van der Waals surface area contributed by atoms with Crippen molar-refractivity contribution in [2.45, 2.75) is 6.42 Å². The first-order valence-electron chi connectivity index (χ1n) is 9.78. The Hall–Kier alpha value is -2.96. The van der Waals surface area contributed by atoms with Crippen LogP contribution in [0.15, 0.2) is 60.8 Å². The van der Waals surface area contributed by atoms with Crippen molar-refractivity contribution >= 4 is 28.5 Å². The number of halogens is 1. The molecule has 7 heteroatoms. The van der Waals surface area contributed by atoms with Gasteiger partial charge in [-0.15, -0.1) is 0 Å². The fourth-order valence-electron chi connectivity index (χ4n) is 3.71. The van der Waals surface area contributed by atoms with Crippen LogP contribution >= 0.6 is 11.6 Å². The van der Waals surface area contributed by atoms with Gasteiger partial charge in [0.05, 0.1) is 17.3 Å². The largest absolute Gasteiger partial charge is 0.353 e. The predicted octanol–water partition coefficient (Wildman–Crippen LogP) is 3.47. The Kier molecular flexibility index (Phi) is 4.87. The summed E-state index contributed by atoms with van der Waals surface area (Å²) in [4.78, 5) is 12.2. The smallest absolute Gasteiger partial charge is 0.168 e. The third-order valence-corrected chi connectivity index (χ3v) is 5.36. The predicted molar refractivity (Wildman–Crippen MR) is 116 cm³/mol. The SMILES string of the molecule is Clc1cccc(-n2ncc3c(N4CCNCC4)nc(Cc4ccccc4)nc32)c1. The first kappa shape index (κ1) is 18.1. The molecule has 2 aromatic heterocycles. The van der Waals surface area contributed by atoms with Gasteiger partial charge in [-0.2, -0.15) is 5.10 Å². The molecular formula is C22H21ClN6. The fourth-order valence-corrected chi connectivity index (χ4v) is 3.89. The second kappa shape index (κ2) is 7.81. The second-order valence-corrected chi connectivity index (χ2v) is 7.57. The number of nitrogens with one attached hydrogen (secondary N) is 1. The Morgan fingerprint density at radius 1 is 0.966 bits per heavy atom. The summed E-state index contributed by atoms with van der Waals surface area (Å²) in [6, 6.07) is 18.0. The summed E-state index contributed by atoms with van der Waals surface area (Å²) in [6.07, 6.45) is 2.54. The minimum Gasteiger partial charge on any atom is -0.353 e. The van der Waals surface area contributed by atoms with Crippen LogP contribution in [0.3, 0.4) is 0 Å². The number of rotatable bonds is 4. The molecule has 0 saturated carbocycles. The van der Waals surface area contributed by atoms with Gasteiger partial charge in [0.1, 0.15) is 11.6 Å². The van der Waals surface area contributed by atoms with Crippen LogP contribution in [-0.4, -0.2) is 45.9 Å². The van der Waals surface area contributed by atoms with E-state index in [4.69, 9.17) is 21.6 Å². The number of hydrogen-bond acceptors (Lipinski definition) is 5. The van der Waals surface area contributed by atoms with Gasteiger partial charge in [0.2, 0.25) is 0 Å². The highest BCUT2D eigenvalue weighted by molar-refractivity contribution is 6.30. The normalized spacial score (nSPS) is 14.4. The Balaban J connectivity index is 1.65. The van der Waals surface area contributed by atoms with Gasteiger partial charge in [0, 0.05) is 37.6 Å². The summed E-state index contributed by atoms with van der Waals surface area (Å²) >= 11 is 6.22. The van der Waals surface area contributed by atoms with Gasteiger partial charge >= 0.3 is 0 Å². The summed E-state index contributed by atoms with van der Waals surface area (Å²) in [5, 5.41) is 9.66. The molecule has 2 aromatic carbocycles. The van der Waals surface area contributed by atoms with Crippen LogP contribution in [0.2, 0.25) is 5.02 Å². The van der Waals surface area contributed by atoms with E-state index in [0.29, 0.717) is 11.4 Å². The van der Waals surface area contributed by atoms with E-state index in [1.807, 2.05) is 53.3 Å². The molecule has 146 valence electrons. The van der Waals surface area contributed by atoms with Gasteiger partial charge in [0.15, 0.2) is 5.65 Å². The molecule has 3 heterocycles. The molecular weight excluding hydrogens is 384 g/mol. The van der Waals surface area contributed by atoms with Crippen molar-refractivity contribution in [1.82, 2.24) is 25.1 Å². The summed E-state index contributed by atoms with van der Waals surface area (Å²) < 4.78 is 1.85. The average molecular weight is 405 g/mol. The lowest BCUT2D eigenvalue weighted by Crippen LogP contribution is -2.44. The van der Waals surface area contributed by atoms with Gasteiger partial charge < -0.3 is 10.2 Å². The van der Waals surface area contributed by atoms with Crippen LogP contribution in [0.5, 0.6) is 0 Å². The molecule has 29 heavy (non-hydrogen) atoms. The van der Waals surface area contributed by atoms with Crippen LogP contribution in [0.25, 0.3) is 16.7 Å². The van der Waals surface area contributed by atoms with Crippen molar-refractivity contribution in [1.29, 1.82) is 0 Å². The Morgan fingerprint density at radius 3 is 2.59 bits per heavy atom. The molecule has 1 saturated heterocycles. The Bertz CT molecular complexity index is 1130. The molecule has 1 aliphatic rings. The molecule has 1 fully saturated rings. The molecule has 0 aliphatic carbocycles. The Morgan fingerprint density at radius 2 is 1.79 bits per heavy atom. The first-order valence-corrected chi connectivity index (χ1v) is 10.2. The van der Waals surface area contributed by atoms with E-state index >= 15 is 0 Å². The standard InChI is InChI=1S/C22H21ClN6/c23-17-7-4-8-18(14-17)29-22-19(15-25-29)21(28-11-9-24-10-12-28)26-20(27-22)13-16-5-2-1-3-6-16/h1-8,14-15,24H,9-13H2. The van der Waals surface area contributed by atoms with Gasteiger partial charge in [-0.25, -0.2) is 14.6 Å². The summed E-state index contributed by atoms with van der Waals surface area (Å²) in [6.45, 7) is 3.72. The van der Waals surface area contributed by atoms with E-state index in [2.05, 4.69) is 27.4 Å². The zero-order valence-corrected chi connectivity index (χ0v) is 16.7. The quantitative estimate of drug-likeness (QED) is 0.564. The zero-order chi connectivity index (χ0) is 19.6. The maximum Gasteiger partial charge on any atom is 0.168 e.